The van der Waals surface area contributed by atoms with E-state index in [2.05, 4.69) is 99.0 Å². The van der Waals surface area contributed by atoms with Gasteiger partial charge in [-0.05, 0) is 71.9 Å². The van der Waals surface area contributed by atoms with E-state index in [1.54, 1.807) is 6.33 Å². The summed E-state index contributed by atoms with van der Waals surface area (Å²) in [6.45, 7) is 3.04. The van der Waals surface area contributed by atoms with Crippen LogP contribution in [-0.4, -0.2) is 34.6 Å². The second-order valence-electron chi connectivity index (χ2n) is 9.70. The molecule has 0 atom stereocenters. The maximum absolute atomic E-state index is 4.75. The predicted octanol–water partition coefficient (Wildman–Crippen LogP) is 6.06. The molecule has 172 valence electrons. The summed E-state index contributed by atoms with van der Waals surface area (Å²) in [5.41, 5.74) is 8.79. The quantitative estimate of drug-likeness (QED) is 0.346. The van der Waals surface area contributed by atoms with Crippen LogP contribution < -0.4 is 10.2 Å². The molecule has 35 heavy (non-hydrogen) atoms. The molecule has 1 saturated heterocycles. The zero-order valence-electron chi connectivity index (χ0n) is 19.5. The van der Waals surface area contributed by atoms with Crippen LogP contribution in [0.3, 0.4) is 0 Å². The molecule has 0 aliphatic carbocycles. The second kappa shape index (κ2) is 8.07. The minimum atomic E-state index is 0.117. The van der Waals surface area contributed by atoms with Crippen molar-refractivity contribution in [1.29, 1.82) is 0 Å². The van der Waals surface area contributed by atoms with E-state index < -0.39 is 0 Å². The fraction of sp³-hybridized carbons (Fsp3) is 0.200. The molecule has 1 spiro atoms. The Morgan fingerprint density at radius 2 is 1.54 bits per heavy atom. The summed E-state index contributed by atoms with van der Waals surface area (Å²) in [4.78, 5) is 14.8. The van der Waals surface area contributed by atoms with Crippen molar-refractivity contribution < 1.29 is 0 Å². The highest BCUT2D eigenvalue weighted by Crippen LogP contribution is 2.50. The molecule has 5 nitrogen and oxygen atoms in total. The lowest BCUT2D eigenvalue weighted by molar-refractivity contribution is 0.329. The van der Waals surface area contributed by atoms with E-state index in [1.165, 1.54) is 33.5 Å². The molecule has 3 aromatic carbocycles. The Balaban J connectivity index is 1.40. The van der Waals surface area contributed by atoms with Crippen LogP contribution in [0.5, 0.6) is 0 Å². The molecule has 7 rings (SSSR count). The number of nitrogens with zero attached hydrogens (tertiary/aromatic N) is 3. The Morgan fingerprint density at radius 1 is 0.771 bits per heavy atom. The highest BCUT2D eigenvalue weighted by Gasteiger charge is 2.44. The summed E-state index contributed by atoms with van der Waals surface area (Å²) in [5.74, 6) is 0.991. The highest BCUT2D eigenvalue weighted by molar-refractivity contribution is 5.92. The third-order valence-electron chi connectivity index (χ3n) is 7.79. The first-order valence-electron chi connectivity index (χ1n) is 12.4. The van der Waals surface area contributed by atoms with Gasteiger partial charge in [0.05, 0.1) is 5.39 Å². The van der Waals surface area contributed by atoms with E-state index in [0.717, 1.165) is 49.3 Å². The van der Waals surface area contributed by atoms with Crippen LogP contribution >= 0.6 is 0 Å². The van der Waals surface area contributed by atoms with Gasteiger partial charge in [-0.2, -0.15) is 0 Å². The molecule has 2 N–H and O–H groups in total. The van der Waals surface area contributed by atoms with Gasteiger partial charge in [0.25, 0.3) is 0 Å². The lowest BCUT2D eigenvalue weighted by atomic mass is 9.74. The molecular weight excluding hydrogens is 430 g/mol. The monoisotopic (exact) mass is 457 g/mol. The van der Waals surface area contributed by atoms with Crippen LogP contribution in [0.25, 0.3) is 33.3 Å². The van der Waals surface area contributed by atoms with Crippen LogP contribution in [0.4, 0.5) is 11.5 Å². The Morgan fingerprint density at radius 3 is 2.37 bits per heavy atom. The van der Waals surface area contributed by atoms with Gasteiger partial charge in [0, 0.05) is 23.8 Å². The average molecular weight is 458 g/mol. The van der Waals surface area contributed by atoms with Crippen LogP contribution in [-0.2, 0) is 5.41 Å². The summed E-state index contributed by atoms with van der Waals surface area (Å²) in [6.07, 6.45) is 5.87. The number of hydrogen-bond acceptors (Lipinski definition) is 4. The van der Waals surface area contributed by atoms with E-state index in [-0.39, 0.29) is 5.41 Å². The van der Waals surface area contributed by atoms with Gasteiger partial charge < -0.3 is 15.2 Å². The van der Waals surface area contributed by atoms with Crippen LogP contribution in [0.15, 0.2) is 91.4 Å². The van der Waals surface area contributed by atoms with Gasteiger partial charge in [0.2, 0.25) is 0 Å². The fourth-order valence-electron chi connectivity index (χ4n) is 6.04. The van der Waals surface area contributed by atoms with Gasteiger partial charge in [-0.15, -0.1) is 0 Å². The van der Waals surface area contributed by atoms with Gasteiger partial charge in [-0.1, -0.05) is 60.7 Å². The number of hydrogen-bond donors (Lipinski definition) is 2. The zero-order chi connectivity index (χ0) is 23.2. The number of fused-ring (bicyclic) bond motifs is 3. The lowest BCUT2D eigenvalue weighted by Gasteiger charge is -2.35. The van der Waals surface area contributed by atoms with E-state index in [4.69, 9.17) is 4.98 Å². The zero-order valence-corrected chi connectivity index (χ0v) is 19.5. The number of piperidine rings is 1. The normalized spacial score (nSPS) is 16.6. The summed E-state index contributed by atoms with van der Waals surface area (Å²) in [6, 6.07) is 28.6. The molecular formula is C30H27N5. The minimum absolute atomic E-state index is 0.117. The Labute approximate surface area is 204 Å². The van der Waals surface area contributed by atoms with Crippen molar-refractivity contribution in [1.82, 2.24) is 20.3 Å². The summed E-state index contributed by atoms with van der Waals surface area (Å²) < 4.78 is 0. The molecule has 0 unspecified atom stereocenters. The molecule has 2 aromatic heterocycles. The number of rotatable bonds is 3. The van der Waals surface area contributed by atoms with Crippen LogP contribution in [0.1, 0.15) is 18.4 Å². The van der Waals surface area contributed by atoms with Crippen LogP contribution in [0, 0.1) is 0 Å². The van der Waals surface area contributed by atoms with Gasteiger partial charge >= 0.3 is 0 Å². The molecule has 4 heterocycles. The largest absolute Gasteiger partial charge is 0.346 e. The first-order valence-corrected chi connectivity index (χ1v) is 12.4. The predicted molar refractivity (Wildman–Crippen MR) is 142 cm³/mol. The topological polar surface area (TPSA) is 56.8 Å². The van der Waals surface area contributed by atoms with Crippen molar-refractivity contribution in [2.45, 2.75) is 18.3 Å². The first-order chi connectivity index (χ1) is 17.3. The molecule has 2 aliphatic rings. The number of anilines is 2. The van der Waals surface area contributed by atoms with Gasteiger partial charge in [0.1, 0.15) is 17.8 Å². The lowest BCUT2D eigenvalue weighted by Crippen LogP contribution is -2.42. The summed E-state index contributed by atoms with van der Waals surface area (Å²) in [7, 11) is 0. The Kier molecular flexibility index (Phi) is 4.71. The average Bonchev–Trinajstić information content (AvgIpc) is 3.53. The third kappa shape index (κ3) is 3.27. The molecule has 5 aromatic rings. The number of H-pyrrole nitrogens is 1. The van der Waals surface area contributed by atoms with E-state index >= 15 is 0 Å². The number of nitrogens with one attached hydrogen (secondary N) is 2. The fourth-order valence-corrected chi connectivity index (χ4v) is 6.04. The Hall–Kier alpha value is -3.96. The molecule has 0 radical (unpaired) electrons. The molecule has 2 aliphatic heterocycles. The number of aromatic amines is 1. The van der Waals surface area contributed by atoms with Crippen LogP contribution in [0.2, 0.25) is 0 Å². The molecule has 5 heteroatoms. The number of aromatic nitrogens is 3. The van der Waals surface area contributed by atoms with E-state index in [1.807, 2.05) is 6.20 Å². The minimum Gasteiger partial charge on any atom is -0.346 e. The van der Waals surface area contributed by atoms with E-state index in [0.29, 0.717) is 0 Å². The SMILES string of the molecule is c1ccc(-c2ccccc2-c2ccc3c(c2)C2(CCNCC2)CN3c2ncnc3[nH]ccc23)cc1. The maximum Gasteiger partial charge on any atom is 0.145 e. The second-order valence-corrected chi connectivity index (χ2v) is 9.70. The van der Waals surface area contributed by atoms with Gasteiger partial charge in [0.15, 0.2) is 0 Å². The van der Waals surface area contributed by atoms with Crippen molar-refractivity contribution in [3.8, 4) is 22.3 Å². The Bertz CT molecular complexity index is 1510. The molecule has 0 saturated carbocycles. The van der Waals surface area contributed by atoms with Crippen molar-refractivity contribution in [2.24, 2.45) is 0 Å². The smallest absolute Gasteiger partial charge is 0.145 e. The molecule has 0 amide bonds. The summed E-state index contributed by atoms with van der Waals surface area (Å²) in [5, 5.41) is 4.65. The van der Waals surface area contributed by atoms with Crippen molar-refractivity contribution >= 4 is 22.5 Å². The van der Waals surface area contributed by atoms with E-state index in [9.17, 15) is 0 Å². The van der Waals surface area contributed by atoms with Crippen molar-refractivity contribution in [3.05, 3.63) is 97.0 Å². The standard InChI is InChI=1S/C30H27N5/c1-2-6-21(7-3-1)23-8-4-5-9-24(23)22-10-11-27-26(18-22)30(13-16-31-17-14-30)19-35(27)29-25-12-15-32-28(25)33-20-34-29/h1-12,15,18,20,31H,13-14,16-17,19H2,(H,32,33,34). The maximum atomic E-state index is 4.75. The summed E-state index contributed by atoms with van der Waals surface area (Å²) >= 11 is 0. The van der Waals surface area contributed by atoms with Crippen molar-refractivity contribution in [3.63, 3.8) is 0 Å². The van der Waals surface area contributed by atoms with Gasteiger partial charge in [-0.3, -0.25) is 0 Å². The third-order valence-corrected chi connectivity index (χ3v) is 7.79. The number of benzene rings is 3. The molecule has 0 bridgehead atoms. The van der Waals surface area contributed by atoms with Crippen molar-refractivity contribution in [2.75, 3.05) is 24.5 Å². The highest BCUT2D eigenvalue weighted by atomic mass is 15.2. The molecule has 1 fully saturated rings. The first kappa shape index (κ1) is 20.4. The van der Waals surface area contributed by atoms with Gasteiger partial charge in [-0.25, -0.2) is 9.97 Å².